The maximum Gasteiger partial charge on any atom is 0.291 e. The highest BCUT2D eigenvalue weighted by molar-refractivity contribution is 7.92. The van der Waals surface area contributed by atoms with Gasteiger partial charge in [-0.25, -0.2) is 12.8 Å². The first-order valence-electron chi connectivity index (χ1n) is 7.28. The molecule has 1 heterocycles. The first kappa shape index (κ1) is 18.0. The van der Waals surface area contributed by atoms with Gasteiger partial charge in [-0.1, -0.05) is 11.6 Å². The van der Waals surface area contributed by atoms with E-state index in [0.717, 1.165) is 24.3 Å². The number of carbonyl (C=O) groups excluding carboxylic acids is 1. The topological polar surface area (TPSA) is 88.4 Å². The summed E-state index contributed by atoms with van der Waals surface area (Å²) in [5.74, 6) is -1.07. The number of sulfonamides is 1. The molecule has 0 aliphatic heterocycles. The van der Waals surface area contributed by atoms with E-state index in [4.69, 9.17) is 16.0 Å². The second-order valence-electron chi connectivity index (χ2n) is 5.18. The Kier molecular flexibility index (Phi) is 4.97. The third-order valence-corrected chi connectivity index (χ3v) is 4.96. The van der Waals surface area contributed by atoms with Crippen LogP contribution in [0.1, 0.15) is 10.6 Å². The summed E-state index contributed by atoms with van der Waals surface area (Å²) in [6, 6.07) is 11.6. The van der Waals surface area contributed by atoms with Crippen LogP contribution >= 0.6 is 11.6 Å². The van der Waals surface area contributed by atoms with Gasteiger partial charge in [0.2, 0.25) is 0 Å². The third kappa shape index (κ3) is 4.04. The van der Waals surface area contributed by atoms with E-state index in [-0.39, 0.29) is 22.0 Å². The molecule has 0 aliphatic carbocycles. The minimum atomic E-state index is -3.99. The van der Waals surface area contributed by atoms with Gasteiger partial charge in [0.25, 0.3) is 15.9 Å². The van der Waals surface area contributed by atoms with Gasteiger partial charge in [-0.05, 0) is 54.6 Å². The Bertz CT molecular complexity index is 1040. The molecular weight excluding hydrogens is 383 g/mol. The highest BCUT2D eigenvalue weighted by Gasteiger charge is 2.18. The number of amides is 1. The Balaban J connectivity index is 1.90. The summed E-state index contributed by atoms with van der Waals surface area (Å²) in [5, 5.41) is 2.83. The minimum absolute atomic E-state index is 0.0531. The van der Waals surface area contributed by atoms with E-state index in [1.54, 1.807) is 6.07 Å². The van der Waals surface area contributed by atoms with Crippen LogP contribution in [0.2, 0.25) is 5.02 Å². The van der Waals surface area contributed by atoms with Crippen LogP contribution in [0.25, 0.3) is 0 Å². The summed E-state index contributed by atoms with van der Waals surface area (Å²) in [5.41, 5.74) is 0.239. The Hall–Kier alpha value is -2.84. The number of hydrogen-bond donors (Lipinski definition) is 2. The second-order valence-corrected chi connectivity index (χ2v) is 7.30. The number of anilines is 2. The predicted molar refractivity (Wildman–Crippen MR) is 95.3 cm³/mol. The number of halogens is 2. The van der Waals surface area contributed by atoms with Crippen LogP contribution in [-0.2, 0) is 10.0 Å². The highest BCUT2D eigenvalue weighted by Crippen LogP contribution is 2.28. The van der Waals surface area contributed by atoms with Crippen LogP contribution in [0.3, 0.4) is 0 Å². The van der Waals surface area contributed by atoms with Crippen LogP contribution in [0.5, 0.6) is 0 Å². The van der Waals surface area contributed by atoms with Crippen LogP contribution in [-0.4, -0.2) is 14.3 Å². The van der Waals surface area contributed by atoms with Gasteiger partial charge in [0.1, 0.15) is 5.82 Å². The first-order valence-corrected chi connectivity index (χ1v) is 9.14. The van der Waals surface area contributed by atoms with Crippen molar-refractivity contribution in [2.45, 2.75) is 4.90 Å². The molecule has 0 saturated carbocycles. The molecule has 0 saturated heterocycles. The lowest BCUT2D eigenvalue weighted by Gasteiger charge is -2.13. The summed E-state index contributed by atoms with van der Waals surface area (Å²) in [7, 11) is -3.99. The smallest absolute Gasteiger partial charge is 0.291 e. The maximum atomic E-state index is 13.0. The van der Waals surface area contributed by atoms with E-state index < -0.39 is 21.7 Å². The zero-order chi connectivity index (χ0) is 18.7. The van der Waals surface area contributed by atoms with Crippen molar-refractivity contribution in [2.75, 3.05) is 10.0 Å². The van der Waals surface area contributed by atoms with E-state index in [0.29, 0.717) is 5.02 Å². The van der Waals surface area contributed by atoms with Crippen LogP contribution in [0, 0.1) is 5.82 Å². The van der Waals surface area contributed by atoms with E-state index >= 15 is 0 Å². The number of hydrogen-bond acceptors (Lipinski definition) is 4. The fraction of sp³-hybridized carbons (Fsp3) is 0. The molecule has 0 fully saturated rings. The molecule has 1 amide bonds. The SMILES string of the molecule is O=C(Nc1cc(Cl)ccc1NS(=O)(=O)c1ccc(F)cc1)c1ccco1. The Labute approximate surface area is 153 Å². The summed E-state index contributed by atoms with van der Waals surface area (Å²) < 4.78 is 45.3. The zero-order valence-corrected chi connectivity index (χ0v) is 14.6. The monoisotopic (exact) mass is 394 g/mol. The van der Waals surface area contributed by atoms with Crippen LogP contribution in [0.4, 0.5) is 15.8 Å². The van der Waals surface area contributed by atoms with E-state index in [1.807, 2.05) is 0 Å². The molecule has 9 heteroatoms. The van der Waals surface area contributed by atoms with E-state index in [1.165, 1.54) is 30.5 Å². The normalized spacial score (nSPS) is 11.2. The third-order valence-electron chi connectivity index (χ3n) is 3.34. The molecular formula is C17H12ClFN2O4S. The molecule has 0 spiro atoms. The Morgan fingerprint density at radius 3 is 2.42 bits per heavy atom. The van der Waals surface area contributed by atoms with Gasteiger partial charge in [-0.3, -0.25) is 9.52 Å². The first-order chi connectivity index (χ1) is 12.3. The molecule has 6 nitrogen and oxygen atoms in total. The molecule has 134 valence electrons. The van der Waals surface area contributed by atoms with Gasteiger partial charge in [0, 0.05) is 5.02 Å². The molecule has 0 aliphatic rings. The molecule has 26 heavy (non-hydrogen) atoms. The number of nitrogens with one attached hydrogen (secondary N) is 2. The Morgan fingerprint density at radius 1 is 1.04 bits per heavy atom. The number of benzene rings is 2. The number of carbonyl (C=O) groups is 1. The van der Waals surface area contributed by atoms with E-state index in [9.17, 15) is 17.6 Å². The van der Waals surface area contributed by atoms with Crippen molar-refractivity contribution >= 4 is 38.9 Å². The molecule has 0 bridgehead atoms. The molecule has 0 atom stereocenters. The van der Waals surface area contributed by atoms with Crippen molar-refractivity contribution < 1.29 is 22.0 Å². The lowest BCUT2D eigenvalue weighted by molar-refractivity contribution is 0.0996. The zero-order valence-electron chi connectivity index (χ0n) is 13.1. The summed E-state index contributed by atoms with van der Waals surface area (Å²) in [6.45, 7) is 0. The van der Waals surface area contributed by atoms with Crippen molar-refractivity contribution in [1.82, 2.24) is 0 Å². The largest absolute Gasteiger partial charge is 0.459 e. The minimum Gasteiger partial charge on any atom is -0.459 e. The van der Waals surface area contributed by atoms with E-state index in [2.05, 4.69) is 10.0 Å². The predicted octanol–water partition coefficient (Wildman–Crippen LogP) is 4.13. The molecule has 0 unspecified atom stereocenters. The van der Waals surface area contributed by atoms with Crippen LogP contribution in [0.15, 0.2) is 70.2 Å². The quantitative estimate of drug-likeness (QED) is 0.681. The fourth-order valence-corrected chi connectivity index (χ4v) is 3.37. The fourth-order valence-electron chi connectivity index (χ4n) is 2.12. The lowest BCUT2D eigenvalue weighted by atomic mass is 10.2. The van der Waals surface area contributed by atoms with Gasteiger partial charge >= 0.3 is 0 Å². The number of furan rings is 1. The standard InChI is InChI=1S/C17H12ClFN2O4S/c18-11-3-8-14(15(10-11)20-17(22)16-2-1-9-25-16)21-26(23,24)13-6-4-12(19)5-7-13/h1-10,21H,(H,20,22). The summed E-state index contributed by atoms with van der Waals surface area (Å²) >= 11 is 5.94. The van der Waals surface area contributed by atoms with Gasteiger partial charge in [-0.2, -0.15) is 0 Å². The summed E-state index contributed by atoms with van der Waals surface area (Å²) in [6.07, 6.45) is 1.34. The number of rotatable bonds is 5. The molecule has 2 N–H and O–H groups in total. The average Bonchev–Trinajstić information content (AvgIpc) is 3.12. The molecule has 0 radical (unpaired) electrons. The summed E-state index contributed by atoms with van der Waals surface area (Å²) in [4.78, 5) is 12.0. The molecule has 3 aromatic rings. The molecule has 2 aromatic carbocycles. The highest BCUT2D eigenvalue weighted by atomic mass is 35.5. The molecule has 1 aromatic heterocycles. The van der Waals surface area contributed by atoms with Gasteiger partial charge in [-0.15, -0.1) is 0 Å². The van der Waals surface area contributed by atoms with Gasteiger partial charge in [0.15, 0.2) is 5.76 Å². The van der Waals surface area contributed by atoms with Gasteiger partial charge < -0.3 is 9.73 Å². The van der Waals surface area contributed by atoms with Crippen molar-refractivity contribution in [3.05, 3.63) is 77.5 Å². The lowest BCUT2D eigenvalue weighted by Crippen LogP contribution is -2.17. The van der Waals surface area contributed by atoms with Crippen molar-refractivity contribution in [2.24, 2.45) is 0 Å². The Morgan fingerprint density at radius 2 is 1.77 bits per heavy atom. The van der Waals surface area contributed by atoms with Crippen molar-refractivity contribution in [3.63, 3.8) is 0 Å². The van der Waals surface area contributed by atoms with Gasteiger partial charge in [0.05, 0.1) is 22.5 Å². The second kappa shape index (κ2) is 7.19. The average molecular weight is 395 g/mol. The molecule has 3 rings (SSSR count). The van der Waals surface area contributed by atoms with Crippen LogP contribution < -0.4 is 10.0 Å². The van der Waals surface area contributed by atoms with Crippen molar-refractivity contribution in [1.29, 1.82) is 0 Å². The van der Waals surface area contributed by atoms with Crippen molar-refractivity contribution in [3.8, 4) is 0 Å². The maximum absolute atomic E-state index is 13.0.